The van der Waals surface area contributed by atoms with Crippen LogP contribution in [0.1, 0.15) is 31.7 Å². The Balaban J connectivity index is 2.26. The van der Waals surface area contributed by atoms with Crippen LogP contribution < -0.4 is 10.1 Å². The van der Waals surface area contributed by atoms with E-state index in [0.717, 1.165) is 47.4 Å². The summed E-state index contributed by atoms with van der Waals surface area (Å²) in [6.07, 6.45) is 1.82. The van der Waals surface area contributed by atoms with Gasteiger partial charge in [-0.05, 0) is 44.0 Å². The third-order valence-corrected chi connectivity index (χ3v) is 3.36. The van der Waals surface area contributed by atoms with Gasteiger partial charge in [0.05, 0.1) is 0 Å². The Bertz CT molecular complexity index is 592. The number of aryl methyl sites for hydroxylation is 2. The van der Waals surface area contributed by atoms with Crippen molar-refractivity contribution in [2.24, 2.45) is 0 Å². The molecule has 1 N–H and O–H groups in total. The van der Waals surface area contributed by atoms with E-state index in [2.05, 4.69) is 22.2 Å². The first-order valence-electron chi connectivity index (χ1n) is 7.18. The van der Waals surface area contributed by atoms with Gasteiger partial charge in [0.15, 0.2) is 0 Å². The predicted octanol–water partition coefficient (Wildman–Crippen LogP) is 4.62. The molecule has 1 aromatic heterocycles. The highest BCUT2D eigenvalue weighted by Crippen LogP contribution is 2.26. The van der Waals surface area contributed by atoms with E-state index < -0.39 is 0 Å². The maximum atomic E-state index is 6.03. The van der Waals surface area contributed by atoms with Gasteiger partial charge in [0.25, 0.3) is 0 Å². The van der Waals surface area contributed by atoms with E-state index in [1.807, 2.05) is 38.1 Å². The first-order valence-corrected chi connectivity index (χ1v) is 7.56. The van der Waals surface area contributed by atoms with Crippen LogP contribution in [0.2, 0.25) is 5.02 Å². The fourth-order valence-electron chi connectivity index (χ4n) is 1.93. The Morgan fingerprint density at radius 3 is 2.67 bits per heavy atom. The van der Waals surface area contributed by atoms with E-state index >= 15 is 0 Å². The summed E-state index contributed by atoms with van der Waals surface area (Å²) < 4.78 is 5.84. The van der Waals surface area contributed by atoms with Gasteiger partial charge in [-0.2, -0.15) is 4.98 Å². The van der Waals surface area contributed by atoms with Crippen LogP contribution in [0.3, 0.4) is 0 Å². The molecular weight excluding hydrogens is 286 g/mol. The SMILES string of the molecule is CCCc1nc(NCC)cc(Oc2ccc(Cl)c(C)c2)n1. The number of aromatic nitrogens is 2. The minimum Gasteiger partial charge on any atom is -0.439 e. The van der Waals surface area contributed by atoms with E-state index in [0.29, 0.717) is 5.88 Å². The van der Waals surface area contributed by atoms with Crippen molar-refractivity contribution in [3.05, 3.63) is 40.7 Å². The van der Waals surface area contributed by atoms with Crippen molar-refractivity contribution in [1.29, 1.82) is 0 Å². The Hall–Kier alpha value is -1.81. The molecule has 4 nitrogen and oxygen atoms in total. The van der Waals surface area contributed by atoms with Gasteiger partial charge in [-0.15, -0.1) is 0 Å². The lowest BCUT2D eigenvalue weighted by Gasteiger charge is -2.10. The monoisotopic (exact) mass is 305 g/mol. The van der Waals surface area contributed by atoms with Crippen LogP contribution in [0.25, 0.3) is 0 Å². The number of ether oxygens (including phenoxy) is 1. The molecule has 2 rings (SSSR count). The zero-order valence-electron chi connectivity index (χ0n) is 12.6. The molecular formula is C16H20ClN3O. The summed E-state index contributed by atoms with van der Waals surface area (Å²) in [6.45, 7) is 6.89. The molecule has 112 valence electrons. The second-order valence-electron chi connectivity index (χ2n) is 4.80. The molecule has 1 aromatic carbocycles. The molecule has 21 heavy (non-hydrogen) atoms. The summed E-state index contributed by atoms with van der Waals surface area (Å²) >= 11 is 6.03. The van der Waals surface area contributed by atoms with Crippen LogP contribution in [-0.4, -0.2) is 16.5 Å². The van der Waals surface area contributed by atoms with E-state index in [4.69, 9.17) is 16.3 Å². The quantitative estimate of drug-likeness (QED) is 0.846. The van der Waals surface area contributed by atoms with Crippen LogP contribution in [0.4, 0.5) is 5.82 Å². The lowest BCUT2D eigenvalue weighted by Crippen LogP contribution is -2.04. The smallest absolute Gasteiger partial charge is 0.224 e. The third-order valence-electron chi connectivity index (χ3n) is 2.93. The molecule has 0 atom stereocenters. The van der Waals surface area contributed by atoms with Gasteiger partial charge in [-0.3, -0.25) is 0 Å². The minimum absolute atomic E-state index is 0.547. The van der Waals surface area contributed by atoms with Gasteiger partial charge in [0, 0.05) is 24.1 Å². The van der Waals surface area contributed by atoms with Crippen LogP contribution in [0, 0.1) is 6.92 Å². The summed E-state index contributed by atoms with van der Waals surface area (Å²) in [6, 6.07) is 7.37. The molecule has 0 saturated heterocycles. The van der Waals surface area contributed by atoms with Crippen molar-refractivity contribution in [3.8, 4) is 11.6 Å². The molecule has 1 heterocycles. The summed E-state index contributed by atoms with van der Waals surface area (Å²) in [5, 5.41) is 3.93. The number of nitrogens with zero attached hydrogens (tertiary/aromatic N) is 2. The number of hydrogen-bond donors (Lipinski definition) is 1. The van der Waals surface area contributed by atoms with Crippen molar-refractivity contribution < 1.29 is 4.74 Å². The maximum Gasteiger partial charge on any atom is 0.224 e. The fraction of sp³-hybridized carbons (Fsp3) is 0.375. The average Bonchev–Trinajstić information content (AvgIpc) is 2.43. The lowest BCUT2D eigenvalue weighted by molar-refractivity contribution is 0.458. The lowest BCUT2D eigenvalue weighted by atomic mass is 10.2. The number of rotatable bonds is 6. The fourth-order valence-corrected chi connectivity index (χ4v) is 2.05. The van der Waals surface area contributed by atoms with Gasteiger partial charge >= 0.3 is 0 Å². The summed E-state index contributed by atoms with van der Waals surface area (Å²) in [5.74, 6) is 2.85. The molecule has 0 spiro atoms. The van der Waals surface area contributed by atoms with E-state index in [1.165, 1.54) is 0 Å². The maximum absolute atomic E-state index is 6.03. The van der Waals surface area contributed by atoms with E-state index in [9.17, 15) is 0 Å². The highest BCUT2D eigenvalue weighted by molar-refractivity contribution is 6.31. The largest absolute Gasteiger partial charge is 0.439 e. The van der Waals surface area contributed by atoms with Crippen molar-refractivity contribution in [2.75, 3.05) is 11.9 Å². The summed E-state index contributed by atoms with van der Waals surface area (Å²) in [7, 11) is 0. The Morgan fingerprint density at radius 2 is 2.00 bits per heavy atom. The van der Waals surface area contributed by atoms with Gasteiger partial charge in [-0.1, -0.05) is 18.5 Å². The van der Waals surface area contributed by atoms with Crippen LogP contribution in [0.5, 0.6) is 11.6 Å². The summed E-state index contributed by atoms with van der Waals surface area (Å²) in [5.41, 5.74) is 0.976. The number of benzene rings is 1. The molecule has 0 bridgehead atoms. The second kappa shape index (κ2) is 7.27. The number of hydrogen-bond acceptors (Lipinski definition) is 4. The molecule has 0 aliphatic heterocycles. The highest BCUT2D eigenvalue weighted by Gasteiger charge is 2.07. The molecule has 2 aromatic rings. The van der Waals surface area contributed by atoms with Gasteiger partial charge < -0.3 is 10.1 Å². The normalized spacial score (nSPS) is 10.5. The molecule has 0 fully saturated rings. The van der Waals surface area contributed by atoms with E-state index in [-0.39, 0.29) is 0 Å². The van der Waals surface area contributed by atoms with Crippen molar-refractivity contribution >= 4 is 17.4 Å². The van der Waals surface area contributed by atoms with Crippen LogP contribution in [0.15, 0.2) is 24.3 Å². The number of nitrogens with one attached hydrogen (secondary N) is 1. The van der Waals surface area contributed by atoms with Crippen LogP contribution in [-0.2, 0) is 6.42 Å². The van der Waals surface area contributed by atoms with Crippen molar-refractivity contribution in [2.45, 2.75) is 33.6 Å². The molecule has 0 amide bonds. The molecule has 0 saturated carbocycles. The first kappa shape index (κ1) is 15.6. The summed E-state index contributed by atoms with van der Waals surface area (Å²) in [4.78, 5) is 8.91. The topological polar surface area (TPSA) is 47.0 Å². The minimum atomic E-state index is 0.547. The number of anilines is 1. The molecule has 0 aliphatic rings. The van der Waals surface area contributed by atoms with Gasteiger partial charge in [0.1, 0.15) is 17.4 Å². The molecule has 0 aliphatic carbocycles. The van der Waals surface area contributed by atoms with Gasteiger partial charge in [0.2, 0.25) is 5.88 Å². The second-order valence-corrected chi connectivity index (χ2v) is 5.21. The van der Waals surface area contributed by atoms with Crippen molar-refractivity contribution in [3.63, 3.8) is 0 Å². The Kier molecular flexibility index (Phi) is 5.39. The number of halogens is 1. The van der Waals surface area contributed by atoms with Gasteiger partial charge in [-0.25, -0.2) is 4.98 Å². The van der Waals surface area contributed by atoms with Crippen LogP contribution >= 0.6 is 11.6 Å². The first-order chi connectivity index (χ1) is 10.1. The zero-order valence-corrected chi connectivity index (χ0v) is 13.4. The predicted molar refractivity (Wildman–Crippen MR) is 86.5 cm³/mol. The molecule has 0 radical (unpaired) electrons. The van der Waals surface area contributed by atoms with Crippen molar-refractivity contribution in [1.82, 2.24) is 9.97 Å². The molecule has 0 unspecified atom stereocenters. The average molecular weight is 306 g/mol. The zero-order chi connectivity index (χ0) is 15.2. The Morgan fingerprint density at radius 1 is 1.19 bits per heavy atom. The standard InChI is InChI=1S/C16H20ClN3O/c1-4-6-14-19-15(18-5-2)10-16(20-14)21-12-7-8-13(17)11(3)9-12/h7-10H,4-6H2,1-3H3,(H,18,19,20). The van der Waals surface area contributed by atoms with E-state index in [1.54, 1.807) is 0 Å². The molecule has 5 heteroatoms. The Labute approximate surface area is 130 Å². The highest BCUT2D eigenvalue weighted by atomic mass is 35.5. The third kappa shape index (κ3) is 4.33.